The van der Waals surface area contributed by atoms with E-state index in [4.69, 9.17) is 10.5 Å². The first kappa shape index (κ1) is 15.5. The maximum atomic E-state index is 11.7. The average Bonchev–Trinajstić information content (AvgIpc) is 2.65. The minimum Gasteiger partial charge on any atom is -0.465 e. The van der Waals surface area contributed by atoms with Gasteiger partial charge in [-0.15, -0.1) is 11.3 Å². The van der Waals surface area contributed by atoms with Crippen LogP contribution in [0.25, 0.3) is 0 Å². The van der Waals surface area contributed by atoms with E-state index in [1.807, 2.05) is 0 Å². The van der Waals surface area contributed by atoms with Crippen LogP contribution >= 0.6 is 11.3 Å². The van der Waals surface area contributed by atoms with Gasteiger partial charge in [0.2, 0.25) is 0 Å². The molecule has 1 aromatic heterocycles. The Balaban J connectivity index is 3.04. The van der Waals surface area contributed by atoms with E-state index in [-0.39, 0.29) is 17.0 Å². The highest BCUT2D eigenvalue weighted by Gasteiger charge is 2.24. The molecule has 0 aromatic carbocycles. The number of methoxy groups -OCH3 is 1. The van der Waals surface area contributed by atoms with Gasteiger partial charge in [0.1, 0.15) is 10.6 Å². The summed E-state index contributed by atoms with van der Waals surface area (Å²) in [5, 5.41) is 3.77. The van der Waals surface area contributed by atoms with Gasteiger partial charge in [0.15, 0.2) is 5.78 Å². The van der Waals surface area contributed by atoms with E-state index in [2.05, 4.69) is 19.2 Å². The highest BCUT2D eigenvalue weighted by molar-refractivity contribution is 7.19. The Hall–Kier alpha value is -1.56. The van der Waals surface area contributed by atoms with Crippen molar-refractivity contribution in [3.8, 4) is 0 Å². The van der Waals surface area contributed by atoms with Crippen LogP contribution in [0.4, 0.5) is 10.7 Å². The van der Waals surface area contributed by atoms with Crippen LogP contribution in [-0.2, 0) is 4.74 Å². The second-order valence-corrected chi connectivity index (χ2v) is 5.73. The zero-order chi connectivity index (χ0) is 14.6. The summed E-state index contributed by atoms with van der Waals surface area (Å²) in [6.07, 6.45) is 0.966. The lowest BCUT2D eigenvalue weighted by Gasteiger charge is -2.08. The second kappa shape index (κ2) is 6.56. The summed E-state index contributed by atoms with van der Waals surface area (Å²) in [5.74, 6) is -0.114. The summed E-state index contributed by atoms with van der Waals surface area (Å²) < 4.78 is 4.71. The molecule has 0 atom stereocenters. The molecular formula is C13H20N2O3S. The third-order valence-electron chi connectivity index (χ3n) is 2.66. The highest BCUT2D eigenvalue weighted by Crippen LogP contribution is 2.36. The van der Waals surface area contributed by atoms with Crippen LogP contribution in [0.15, 0.2) is 0 Å². The Kier molecular flexibility index (Phi) is 5.35. The van der Waals surface area contributed by atoms with Crippen LogP contribution in [0, 0.1) is 5.92 Å². The zero-order valence-electron chi connectivity index (χ0n) is 11.7. The topological polar surface area (TPSA) is 81.4 Å². The number of carbonyl (C=O) groups excluding carboxylic acids is 2. The van der Waals surface area contributed by atoms with Crippen LogP contribution in [0.3, 0.4) is 0 Å². The molecule has 0 aliphatic heterocycles. The lowest BCUT2D eigenvalue weighted by atomic mass is 10.1. The van der Waals surface area contributed by atoms with Gasteiger partial charge in [0.05, 0.1) is 17.7 Å². The van der Waals surface area contributed by atoms with Gasteiger partial charge in [-0.1, -0.05) is 13.8 Å². The molecule has 0 saturated heterocycles. The minimum absolute atomic E-state index is 0.149. The molecule has 1 aromatic rings. The number of esters is 1. The van der Waals surface area contributed by atoms with Crippen LogP contribution < -0.4 is 11.1 Å². The van der Waals surface area contributed by atoms with E-state index in [0.717, 1.165) is 13.0 Å². The Morgan fingerprint density at radius 1 is 1.42 bits per heavy atom. The molecule has 0 radical (unpaired) electrons. The Bertz CT molecular complexity index is 480. The van der Waals surface area contributed by atoms with Gasteiger partial charge in [0.25, 0.3) is 0 Å². The maximum absolute atomic E-state index is 11.7. The molecule has 0 unspecified atom stereocenters. The number of ether oxygens (including phenoxy) is 1. The van der Waals surface area contributed by atoms with E-state index in [0.29, 0.717) is 15.8 Å². The fourth-order valence-electron chi connectivity index (χ4n) is 1.61. The molecule has 6 heteroatoms. The molecule has 0 aliphatic rings. The molecule has 5 nitrogen and oxygen atoms in total. The fraction of sp³-hybridized carbons (Fsp3) is 0.538. The molecule has 0 bridgehead atoms. The smallest absolute Gasteiger partial charge is 0.343 e. The Morgan fingerprint density at radius 3 is 2.53 bits per heavy atom. The van der Waals surface area contributed by atoms with Gasteiger partial charge in [-0.25, -0.2) is 4.79 Å². The summed E-state index contributed by atoms with van der Waals surface area (Å²) in [4.78, 5) is 23.6. The van der Waals surface area contributed by atoms with E-state index in [1.165, 1.54) is 25.4 Å². The third kappa shape index (κ3) is 3.70. The van der Waals surface area contributed by atoms with Crippen LogP contribution in [0.2, 0.25) is 0 Å². The number of hydrogen-bond acceptors (Lipinski definition) is 6. The molecule has 0 spiro atoms. The first-order chi connectivity index (χ1) is 8.88. The molecule has 1 rings (SSSR count). The zero-order valence-corrected chi connectivity index (χ0v) is 12.5. The first-order valence-electron chi connectivity index (χ1n) is 6.13. The van der Waals surface area contributed by atoms with Crippen molar-refractivity contribution in [3.05, 3.63) is 10.4 Å². The average molecular weight is 284 g/mol. The predicted octanol–water partition coefficient (Wildman–Crippen LogP) is 2.78. The van der Waals surface area contributed by atoms with Gasteiger partial charge in [0, 0.05) is 13.5 Å². The maximum Gasteiger partial charge on any atom is 0.343 e. The molecule has 3 N–H and O–H groups in total. The molecule has 0 aliphatic carbocycles. The standard InChI is InChI=1S/C13H20N2O3S/c1-7(2)5-6-15-12-9(13(17)18-4)10(14)11(19-12)8(3)16/h7,15H,5-6,14H2,1-4H3. The number of rotatable bonds is 6. The van der Waals surface area contributed by atoms with Crippen molar-refractivity contribution in [1.82, 2.24) is 0 Å². The normalized spacial score (nSPS) is 10.6. The number of hydrogen-bond donors (Lipinski definition) is 2. The SMILES string of the molecule is COC(=O)c1c(NCCC(C)C)sc(C(C)=O)c1N. The van der Waals surface area contributed by atoms with Crippen LogP contribution in [0.5, 0.6) is 0 Å². The summed E-state index contributed by atoms with van der Waals surface area (Å²) in [7, 11) is 1.30. The van der Waals surface area contributed by atoms with Crippen molar-refractivity contribution >= 4 is 33.8 Å². The Morgan fingerprint density at radius 2 is 2.05 bits per heavy atom. The summed E-state index contributed by atoms with van der Waals surface area (Å²) in [5.41, 5.74) is 6.33. The molecule has 0 fully saturated rings. The van der Waals surface area contributed by atoms with E-state index >= 15 is 0 Å². The van der Waals surface area contributed by atoms with Crippen molar-refractivity contribution < 1.29 is 14.3 Å². The number of thiophene rings is 1. The first-order valence-corrected chi connectivity index (χ1v) is 6.95. The lowest BCUT2D eigenvalue weighted by molar-refractivity contribution is 0.0603. The van der Waals surface area contributed by atoms with Crippen LogP contribution in [-0.4, -0.2) is 25.4 Å². The number of Topliss-reactive ketones (excluding diaryl/α,β-unsaturated/α-hetero) is 1. The monoisotopic (exact) mass is 284 g/mol. The molecule has 106 valence electrons. The summed E-state index contributed by atoms with van der Waals surface area (Å²) in [6.45, 7) is 6.39. The highest BCUT2D eigenvalue weighted by atomic mass is 32.1. The molecule has 0 amide bonds. The molecule has 19 heavy (non-hydrogen) atoms. The number of nitrogens with two attached hydrogens (primary N) is 1. The van der Waals surface area contributed by atoms with Crippen molar-refractivity contribution in [3.63, 3.8) is 0 Å². The van der Waals surface area contributed by atoms with Crippen molar-refractivity contribution in [2.75, 3.05) is 24.7 Å². The number of nitrogens with one attached hydrogen (secondary N) is 1. The largest absolute Gasteiger partial charge is 0.465 e. The van der Waals surface area contributed by atoms with Crippen LogP contribution in [0.1, 0.15) is 47.2 Å². The van der Waals surface area contributed by atoms with Gasteiger partial charge in [-0.05, 0) is 12.3 Å². The fourth-order valence-corrected chi connectivity index (χ4v) is 2.64. The van der Waals surface area contributed by atoms with Crippen molar-refractivity contribution in [2.45, 2.75) is 27.2 Å². The number of nitrogen functional groups attached to an aromatic ring is 1. The Labute approximate surface area is 117 Å². The van der Waals surface area contributed by atoms with Crippen molar-refractivity contribution in [2.24, 2.45) is 5.92 Å². The molecule has 0 saturated carbocycles. The second-order valence-electron chi connectivity index (χ2n) is 4.71. The van der Waals surface area contributed by atoms with Gasteiger partial charge < -0.3 is 15.8 Å². The molecular weight excluding hydrogens is 264 g/mol. The molecule has 1 heterocycles. The van der Waals surface area contributed by atoms with E-state index in [1.54, 1.807) is 0 Å². The van der Waals surface area contributed by atoms with E-state index < -0.39 is 5.97 Å². The summed E-state index contributed by atoms with van der Waals surface area (Å²) >= 11 is 1.20. The van der Waals surface area contributed by atoms with Crippen molar-refractivity contribution in [1.29, 1.82) is 0 Å². The number of carbonyl (C=O) groups is 2. The van der Waals surface area contributed by atoms with E-state index in [9.17, 15) is 9.59 Å². The lowest BCUT2D eigenvalue weighted by Crippen LogP contribution is -2.10. The minimum atomic E-state index is -0.520. The van der Waals surface area contributed by atoms with Gasteiger partial charge in [-0.2, -0.15) is 0 Å². The third-order valence-corrected chi connectivity index (χ3v) is 3.93. The number of anilines is 2. The predicted molar refractivity (Wildman–Crippen MR) is 78.0 cm³/mol. The summed E-state index contributed by atoms with van der Waals surface area (Å²) in [6, 6.07) is 0. The number of ketones is 1. The van der Waals surface area contributed by atoms with Gasteiger partial charge >= 0.3 is 5.97 Å². The van der Waals surface area contributed by atoms with Gasteiger partial charge in [-0.3, -0.25) is 4.79 Å². The quantitative estimate of drug-likeness (QED) is 0.620.